The van der Waals surface area contributed by atoms with Crippen LogP contribution in [0.15, 0.2) is 18.2 Å². The molecule has 1 aromatic carbocycles. The zero-order chi connectivity index (χ0) is 13.4. The second kappa shape index (κ2) is 4.81. The maximum Gasteiger partial charge on any atom is 0.338 e. The first-order chi connectivity index (χ1) is 9.13. The SMILES string of the molecule is O=C(O)c1ccc(NC2CCN(C3CC3)C2)cc1F. The van der Waals surface area contributed by atoms with E-state index in [0.717, 1.165) is 25.6 Å². The molecule has 5 heteroatoms. The van der Waals surface area contributed by atoms with Gasteiger partial charge in [-0.1, -0.05) is 0 Å². The van der Waals surface area contributed by atoms with Gasteiger partial charge in [0, 0.05) is 30.9 Å². The summed E-state index contributed by atoms with van der Waals surface area (Å²) >= 11 is 0. The van der Waals surface area contributed by atoms with Gasteiger partial charge in [-0.3, -0.25) is 4.90 Å². The number of nitrogens with one attached hydrogen (secondary N) is 1. The van der Waals surface area contributed by atoms with Crippen LogP contribution in [0.4, 0.5) is 10.1 Å². The smallest absolute Gasteiger partial charge is 0.338 e. The number of rotatable bonds is 4. The van der Waals surface area contributed by atoms with Crippen LogP contribution in [0.2, 0.25) is 0 Å². The number of carbonyl (C=O) groups is 1. The predicted octanol–water partition coefficient (Wildman–Crippen LogP) is 2.17. The van der Waals surface area contributed by atoms with E-state index < -0.39 is 11.8 Å². The normalized spacial score (nSPS) is 23.5. The van der Waals surface area contributed by atoms with Crippen LogP contribution in [0.5, 0.6) is 0 Å². The number of hydrogen-bond donors (Lipinski definition) is 2. The lowest BCUT2D eigenvalue weighted by molar-refractivity contribution is 0.0692. The highest BCUT2D eigenvalue weighted by Gasteiger charge is 2.34. The molecule has 19 heavy (non-hydrogen) atoms. The van der Waals surface area contributed by atoms with Gasteiger partial charge in [-0.2, -0.15) is 0 Å². The molecule has 0 spiro atoms. The maximum atomic E-state index is 13.6. The van der Waals surface area contributed by atoms with Crippen LogP contribution in [0.1, 0.15) is 29.6 Å². The summed E-state index contributed by atoms with van der Waals surface area (Å²) in [6.07, 6.45) is 3.65. The van der Waals surface area contributed by atoms with Crippen molar-refractivity contribution in [1.82, 2.24) is 4.90 Å². The molecule has 2 fully saturated rings. The number of anilines is 1. The Morgan fingerprint density at radius 1 is 1.37 bits per heavy atom. The first kappa shape index (κ1) is 12.4. The van der Waals surface area contributed by atoms with Crippen molar-refractivity contribution in [3.8, 4) is 0 Å². The predicted molar refractivity (Wildman–Crippen MR) is 70.0 cm³/mol. The van der Waals surface area contributed by atoms with Crippen LogP contribution >= 0.6 is 0 Å². The van der Waals surface area contributed by atoms with E-state index in [4.69, 9.17) is 5.11 Å². The summed E-state index contributed by atoms with van der Waals surface area (Å²) in [5.41, 5.74) is 0.377. The zero-order valence-electron chi connectivity index (χ0n) is 10.6. The Labute approximate surface area is 111 Å². The molecule has 102 valence electrons. The molecule has 3 rings (SSSR count). The van der Waals surface area contributed by atoms with Crippen molar-refractivity contribution >= 4 is 11.7 Å². The van der Waals surface area contributed by atoms with Crippen LogP contribution in [0, 0.1) is 5.82 Å². The summed E-state index contributed by atoms with van der Waals surface area (Å²) in [4.78, 5) is 13.2. The maximum absolute atomic E-state index is 13.6. The van der Waals surface area contributed by atoms with Crippen molar-refractivity contribution < 1.29 is 14.3 Å². The summed E-state index contributed by atoms with van der Waals surface area (Å²) in [6, 6.07) is 5.30. The third-order valence-corrected chi connectivity index (χ3v) is 3.85. The Bertz CT molecular complexity index is 502. The molecule has 0 bridgehead atoms. The Balaban J connectivity index is 1.63. The Morgan fingerprint density at radius 2 is 2.16 bits per heavy atom. The van der Waals surface area contributed by atoms with E-state index in [1.54, 1.807) is 6.07 Å². The van der Waals surface area contributed by atoms with Crippen LogP contribution in [-0.2, 0) is 0 Å². The van der Waals surface area contributed by atoms with Gasteiger partial charge in [0.15, 0.2) is 0 Å². The molecule has 1 atom stereocenters. The number of likely N-dealkylation sites (tertiary alicyclic amines) is 1. The largest absolute Gasteiger partial charge is 0.478 e. The molecule has 0 amide bonds. The second-order valence-corrected chi connectivity index (χ2v) is 5.36. The van der Waals surface area contributed by atoms with Crippen LogP contribution in [0.3, 0.4) is 0 Å². The number of hydrogen-bond acceptors (Lipinski definition) is 3. The van der Waals surface area contributed by atoms with E-state index in [1.165, 1.54) is 25.0 Å². The summed E-state index contributed by atoms with van der Waals surface area (Å²) < 4.78 is 13.6. The van der Waals surface area contributed by atoms with Gasteiger partial charge in [-0.15, -0.1) is 0 Å². The molecule has 1 aromatic rings. The number of nitrogens with zero attached hydrogens (tertiary/aromatic N) is 1. The molecule has 0 aromatic heterocycles. The average Bonchev–Trinajstić information content (AvgIpc) is 3.10. The molecule has 0 radical (unpaired) electrons. The van der Waals surface area contributed by atoms with Gasteiger partial charge in [-0.05, 0) is 37.5 Å². The van der Waals surface area contributed by atoms with Crippen molar-refractivity contribution in [3.63, 3.8) is 0 Å². The number of benzene rings is 1. The van der Waals surface area contributed by atoms with E-state index in [1.807, 2.05) is 0 Å². The number of carboxylic acids is 1. The lowest BCUT2D eigenvalue weighted by Crippen LogP contribution is -2.27. The molecule has 1 saturated heterocycles. The van der Waals surface area contributed by atoms with Gasteiger partial charge >= 0.3 is 5.97 Å². The van der Waals surface area contributed by atoms with Gasteiger partial charge in [0.05, 0.1) is 5.56 Å². The first-order valence-corrected chi connectivity index (χ1v) is 6.67. The number of aromatic carboxylic acids is 1. The number of carboxylic acid groups (broad SMARTS) is 1. The zero-order valence-corrected chi connectivity index (χ0v) is 10.6. The molecule has 1 heterocycles. The van der Waals surface area contributed by atoms with Crippen LogP contribution in [-0.4, -0.2) is 41.1 Å². The summed E-state index contributed by atoms with van der Waals surface area (Å²) in [5.74, 6) is -1.92. The highest BCUT2D eigenvalue weighted by atomic mass is 19.1. The molecule has 1 aliphatic heterocycles. The van der Waals surface area contributed by atoms with Gasteiger partial charge in [0.25, 0.3) is 0 Å². The molecule has 1 aliphatic carbocycles. The lowest BCUT2D eigenvalue weighted by atomic mass is 10.1. The molecular weight excluding hydrogens is 247 g/mol. The lowest BCUT2D eigenvalue weighted by Gasteiger charge is -2.16. The molecule has 2 aliphatic rings. The quantitative estimate of drug-likeness (QED) is 0.875. The molecular formula is C14H17FN2O2. The molecule has 1 saturated carbocycles. The van der Waals surface area contributed by atoms with E-state index in [0.29, 0.717) is 11.7 Å². The number of halogens is 1. The van der Waals surface area contributed by atoms with Gasteiger partial charge in [0.1, 0.15) is 5.82 Å². The van der Waals surface area contributed by atoms with E-state index in [2.05, 4.69) is 10.2 Å². The third kappa shape index (κ3) is 2.71. The highest BCUT2D eigenvalue weighted by Crippen LogP contribution is 2.30. The van der Waals surface area contributed by atoms with Crippen LogP contribution < -0.4 is 5.32 Å². The van der Waals surface area contributed by atoms with Crippen molar-refractivity contribution in [1.29, 1.82) is 0 Å². The topological polar surface area (TPSA) is 52.6 Å². The van der Waals surface area contributed by atoms with Gasteiger partial charge in [-0.25, -0.2) is 9.18 Å². The minimum absolute atomic E-state index is 0.281. The Morgan fingerprint density at radius 3 is 2.79 bits per heavy atom. The summed E-state index contributed by atoms with van der Waals surface area (Å²) in [6.45, 7) is 2.09. The fourth-order valence-corrected chi connectivity index (χ4v) is 2.69. The third-order valence-electron chi connectivity index (χ3n) is 3.85. The molecule has 4 nitrogen and oxygen atoms in total. The monoisotopic (exact) mass is 264 g/mol. The van der Waals surface area contributed by atoms with Crippen molar-refractivity contribution in [2.45, 2.75) is 31.3 Å². The fraction of sp³-hybridized carbons (Fsp3) is 0.500. The van der Waals surface area contributed by atoms with Crippen LogP contribution in [0.25, 0.3) is 0 Å². The van der Waals surface area contributed by atoms with Gasteiger partial charge < -0.3 is 10.4 Å². The van der Waals surface area contributed by atoms with E-state index in [9.17, 15) is 9.18 Å². The fourth-order valence-electron chi connectivity index (χ4n) is 2.69. The molecule has 1 unspecified atom stereocenters. The van der Waals surface area contributed by atoms with Crippen molar-refractivity contribution in [2.24, 2.45) is 0 Å². The van der Waals surface area contributed by atoms with E-state index in [-0.39, 0.29) is 5.56 Å². The molecule has 2 N–H and O–H groups in total. The first-order valence-electron chi connectivity index (χ1n) is 6.67. The van der Waals surface area contributed by atoms with E-state index >= 15 is 0 Å². The Hall–Kier alpha value is -1.62. The standard InChI is InChI=1S/C14H17FN2O2/c15-13-7-9(1-4-12(13)14(18)19)16-10-5-6-17(8-10)11-2-3-11/h1,4,7,10-11,16H,2-3,5-6,8H2,(H,18,19). The van der Waals surface area contributed by atoms with Crippen molar-refractivity contribution in [3.05, 3.63) is 29.6 Å². The summed E-state index contributed by atoms with van der Waals surface area (Å²) in [5, 5.41) is 12.1. The minimum atomic E-state index is -1.23. The highest BCUT2D eigenvalue weighted by molar-refractivity contribution is 5.88. The average molecular weight is 264 g/mol. The minimum Gasteiger partial charge on any atom is -0.478 e. The second-order valence-electron chi connectivity index (χ2n) is 5.36. The Kier molecular flexibility index (Phi) is 3.14. The summed E-state index contributed by atoms with van der Waals surface area (Å²) in [7, 11) is 0. The van der Waals surface area contributed by atoms with Crippen molar-refractivity contribution in [2.75, 3.05) is 18.4 Å². The van der Waals surface area contributed by atoms with Gasteiger partial charge in [0.2, 0.25) is 0 Å².